The van der Waals surface area contributed by atoms with Gasteiger partial charge in [-0.15, -0.1) is 23.7 Å². The molecule has 0 aliphatic carbocycles. The van der Waals surface area contributed by atoms with Gasteiger partial charge in [-0.05, 0) is 43.8 Å². The molecule has 1 unspecified atom stereocenters. The highest BCUT2D eigenvalue weighted by atomic mass is 35.5. The van der Waals surface area contributed by atoms with E-state index in [4.69, 9.17) is 10.3 Å². The van der Waals surface area contributed by atoms with Crippen molar-refractivity contribution in [1.29, 1.82) is 0 Å². The number of aromatic nitrogens is 2. The van der Waals surface area contributed by atoms with E-state index in [0.29, 0.717) is 17.8 Å². The lowest BCUT2D eigenvalue weighted by Crippen LogP contribution is -2.40. The van der Waals surface area contributed by atoms with Gasteiger partial charge in [0.15, 0.2) is 0 Å². The number of nitrogens with two attached hydrogens (primary N) is 1. The van der Waals surface area contributed by atoms with Crippen LogP contribution in [0, 0.1) is 0 Å². The largest absolute Gasteiger partial charge is 0.338 e. The number of piperidine rings is 1. The maximum atomic E-state index is 5.71. The predicted molar refractivity (Wildman–Crippen MR) is 86.6 cm³/mol. The molecule has 0 radical (unpaired) electrons. The van der Waals surface area contributed by atoms with Crippen LogP contribution >= 0.6 is 23.7 Å². The van der Waals surface area contributed by atoms with Gasteiger partial charge in [0.05, 0.1) is 11.4 Å². The van der Waals surface area contributed by atoms with Crippen molar-refractivity contribution >= 4 is 23.7 Å². The summed E-state index contributed by atoms with van der Waals surface area (Å²) in [7, 11) is 0. The molecule has 1 atom stereocenters. The molecule has 0 aromatic carbocycles. The molecular formula is C14H21ClN4OS. The average molecular weight is 329 g/mol. The van der Waals surface area contributed by atoms with E-state index >= 15 is 0 Å². The van der Waals surface area contributed by atoms with Gasteiger partial charge in [-0.2, -0.15) is 4.98 Å². The summed E-state index contributed by atoms with van der Waals surface area (Å²) >= 11 is 1.63. The Hall–Kier alpha value is -0.950. The van der Waals surface area contributed by atoms with Crippen molar-refractivity contribution in [3.05, 3.63) is 23.4 Å². The molecule has 5 nitrogen and oxygen atoms in total. The molecule has 2 aromatic rings. The Balaban J connectivity index is 0.00000161. The first-order valence-electron chi connectivity index (χ1n) is 7.17. The maximum absolute atomic E-state index is 5.71. The first-order valence-corrected chi connectivity index (χ1v) is 8.05. The Morgan fingerprint density at radius 1 is 1.43 bits per heavy atom. The SMILES string of the molecule is Cl.NCCC1CCCCN1Cc1nc(-c2cccs2)no1. The summed E-state index contributed by atoms with van der Waals surface area (Å²) in [5, 5.41) is 6.09. The molecule has 2 N–H and O–H groups in total. The third-order valence-corrected chi connectivity index (χ3v) is 4.66. The number of thiophene rings is 1. The molecule has 1 fully saturated rings. The summed E-state index contributed by atoms with van der Waals surface area (Å²) in [6, 6.07) is 4.57. The van der Waals surface area contributed by atoms with Gasteiger partial charge in [0.2, 0.25) is 11.7 Å². The number of nitrogens with zero attached hydrogens (tertiary/aromatic N) is 3. The molecule has 0 saturated carbocycles. The second-order valence-electron chi connectivity index (χ2n) is 5.19. The zero-order valence-corrected chi connectivity index (χ0v) is 13.5. The molecule has 0 amide bonds. The molecule has 2 aromatic heterocycles. The molecule has 1 aliphatic heterocycles. The Morgan fingerprint density at radius 2 is 2.33 bits per heavy atom. The van der Waals surface area contributed by atoms with E-state index in [1.807, 2.05) is 17.5 Å². The molecule has 21 heavy (non-hydrogen) atoms. The summed E-state index contributed by atoms with van der Waals surface area (Å²) < 4.78 is 5.39. The predicted octanol–water partition coefficient (Wildman–Crippen LogP) is 2.92. The molecule has 1 aliphatic rings. The van der Waals surface area contributed by atoms with Crippen LogP contribution in [0.1, 0.15) is 31.6 Å². The molecular weight excluding hydrogens is 308 g/mol. The van der Waals surface area contributed by atoms with Crippen molar-refractivity contribution < 1.29 is 4.52 Å². The van der Waals surface area contributed by atoms with Gasteiger partial charge in [-0.1, -0.05) is 17.6 Å². The minimum Gasteiger partial charge on any atom is -0.338 e. The second-order valence-corrected chi connectivity index (χ2v) is 6.13. The van der Waals surface area contributed by atoms with E-state index < -0.39 is 0 Å². The molecule has 3 rings (SSSR count). The van der Waals surface area contributed by atoms with Crippen LogP contribution in [0.2, 0.25) is 0 Å². The Kier molecular flexibility index (Phi) is 6.17. The van der Waals surface area contributed by atoms with E-state index in [-0.39, 0.29) is 12.4 Å². The minimum atomic E-state index is 0. The fourth-order valence-corrected chi connectivity index (χ4v) is 3.44. The lowest BCUT2D eigenvalue weighted by atomic mass is 9.99. The summed E-state index contributed by atoms with van der Waals surface area (Å²) in [5.41, 5.74) is 5.71. The zero-order valence-electron chi connectivity index (χ0n) is 11.9. The third-order valence-electron chi connectivity index (χ3n) is 3.80. The second kappa shape index (κ2) is 7.89. The molecule has 7 heteroatoms. The fourth-order valence-electron chi connectivity index (χ4n) is 2.79. The summed E-state index contributed by atoms with van der Waals surface area (Å²) in [6.45, 7) is 2.58. The van der Waals surface area contributed by atoms with Crippen molar-refractivity contribution in [2.75, 3.05) is 13.1 Å². The quantitative estimate of drug-likeness (QED) is 0.914. The standard InChI is InChI=1S/C14H20N4OS.ClH/c15-7-6-11-4-1-2-8-18(11)10-13-16-14(17-19-13)12-5-3-9-20-12;/h3,5,9,11H,1-2,4,6-8,10,15H2;1H. The molecule has 3 heterocycles. The van der Waals surface area contributed by atoms with Crippen molar-refractivity contribution in [2.45, 2.75) is 38.3 Å². The van der Waals surface area contributed by atoms with Gasteiger partial charge in [0.25, 0.3) is 0 Å². The summed E-state index contributed by atoms with van der Waals surface area (Å²) in [4.78, 5) is 7.99. The van der Waals surface area contributed by atoms with Crippen LogP contribution < -0.4 is 5.73 Å². The highest BCUT2D eigenvalue weighted by molar-refractivity contribution is 7.13. The monoisotopic (exact) mass is 328 g/mol. The topological polar surface area (TPSA) is 68.2 Å². The van der Waals surface area contributed by atoms with Crippen molar-refractivity contribution in [3.63, 3.8) is 0 Å². The van der Waals surface area contributed by atoms with Crippen LogP contribution in [0.4, 0.5) is 0 Å². The number of hydrogen-bond acceptors (Lipinski definition) is 6. The van der Waals surface area contributed by atoms with E-state index in [9.17, 15) is 0 Å². The number of likely N-dealkylation sites (tertiary alicyclic amines) is 1. The lowest BCUT2D eigenvalue weighted by molar-refractivity contribution is 0.118. The molecule has 0 bridgehead atoms. The van der Waals surface area contributed by atoms with E-state index in [1.54, 1.807) is 11.3 Å². The fraction of sp³-hybridized carbons (Fsp3) is 0.571. The van der Waals surface area contributed by atoms with Crippen molar-refractivity contribution in [1.82, 2.24) is 15.0 Å². The Labute approximate surface area is 134 Å². The van der Waals surface area contributed by atoms with E-state index in [0.717, 1.165) is 30.9 Å². The van der Waals surface area contributed by atoms with Crippen LogP contribution in [0.5, 0.6) is 0 Å². The number of halogens is 1. The van der Waals surface area contributed by atoms with Crippen LogP contribution in [0.3, 0.4) is 0 Å². The van der Waals surface area contributed by atoms with Gasteiger partial charge < -0.3 is 10.3 Å². The van der Waals surface area contributed by atoms with E-state index in [2.05, 4.69) is 15.0 Å². The van der Waals surface area contributed by atoms with Crippen molar-refractivity contribution in [3.8, 4) is 10.7 Å². The Bertz CT molecular complexity index is 529. The first kappa shape index (κ1) is 16.4. The van der Waals surface area contributed by atoms with Crippen LogP contribution in [-0.4, -0.2) is 34.2 Å². The number of rotatable bonds is 5. The molecule has 116 valence electrons. The highest BCUT2D eigenvalue weighted by Gasteiger charge is 2.23. The minimum absolute atomic E-state index is 0. The Morgan fingerprint density at radius 3 is 3.10 bits per heavy atom. The summed E-state index contributed by atoms with van der Waals surface area (Å²) in [6.07, 6.45) is 4.81. The van der Waals surface area contributed by atoms with Gasteiger partial charge in [0, 0.05) is 6.04 Å². The molecule has 1 saturated heterocycles. The lowest BCUT2D eigenvalue weighted by Gasteiger charge is -2.34. The van der Waals surface area contributed by atoms with Crippen molar-refractivity contribution in [2.24, 2.45) is 5.73 Å². The maximum Gasteiger partial charge on any atom is 0.241 e. The van der Waals surface area contributed by atoms with Gasteiger partial charge in [0.1, 0.15) is 0 Å². The zero-order chi connectivity index (χ0) is 13.8. The smallest absolute Gasteiger partial charge is 0.241 e. The normalized spacial score (nSPS) is 19.4. The van der Waals surface area contributed by atoms with Gasteiger partial charge in [-0.3, -0.25) is 4.90 Å². The van der Waals surface area contributed by atoms with Crippen LogP contribution in [-0.2, 0) is 6.54 Å². The van der Waals surface area contributed by atoms with Crippen LogP contribution in [0.25, 0.3) is 10.7 Å². The van der Waals surface area contributed by atoms with Gasteiger partial charge in [-0.25, -0.2) is 0 Å². The van der Waals surface area contributed by atoms with Crippen LogP contribution in [0.15, 0.2) is 22.0 Å². The third kappa shape index (κ3) is 4.03. The highest BCUT2D eigenvalue weighted by Crippen LogP contribution is 2.24. The average Bonchev–Trinajstić information content (AvgIpc) is 3.12. The first-order chi connectivity index (χ1) is 9.86. The van der Waals surface area contributed by atoms with Gasteiger partial charge >= 0.3 is 0 Å². The summed E-state index contributed by atoms with van der Waals surface area (Å²) in [5.74, 6) is 1.40. The number of hydrogen-bond donors (Lipinski definition) is 1. The molecule has 0 spiro atoms. The van der Waals surface area contributed by atoms with E-state index in [1.165, 1.54) is 19.3 Å².